The normalized spacial score (nSPS) is 16.5. The van der Waals surface area contributed by atoms with E-state index < -0.39 is 5.82 Å². The molecule has 1 saturated carbocycles. The third kappa shape index (κ3) is 3.13. The van der Waals surface area contributed by atoms with Crippen LogP contribution in [-0.2, 0) is 0 Å². The van der Waals surface area contributed by atoms with Gasteiger partial charge in [0.1, 0.15) is 5.82 Å². The zero-order valence-electron chi connectivity index (χ0n) is 11.9. The van der Waals surface area contributed by atoms with Gasteiger partial charge in [0.2, 0.25) is 4.77 Å². The summed E-state index contributed by atoms with van der Waals surface area (Å²) in [5, 5.41) is 11.7. The van der Waals surface area contributed by atoms with Crippen molar-refractivity contribution in [1.29, 1.82) is 0 Å². The smallest absolute Gasteiger partial charge is 0.216 e. The second-order valence-corrected chi connectivity index (χ2v) is 6.21. The first-order chi connectivity index (χ1) is 10.7. The van der Waals surface area contributed by atoms with E-state index in [2.05, 4.69) is 15.3 Å². The fourth-order valence-corrected chi connectivity index (χ4v) is 3.19. The summed E-state index contributed by atoms with van der Waals surface area (Å²) in [6, 6.07) is 4.54. The van der Waals surface area contributed by atoms with E-state index in [9.17, 15) is 4.39 Å². The van der Waals surface area contributed by atoms with E-state index in [1.54, 1.807) is 16.8 Å². The summed E-state index contributed by atoms with van der Waals surface area (Å²) in [4.78, 5) is 0. The lowest BCUT2D eigenvalue weighted by atomic mass is 9.89. The van der Waals surface area contributed by atoms with Gasteiger partial charge >= 0.3 is 0 Å². The standard InChI is InChI=1S/C15H16ClFN4S/c16-12-7-4-8-13(17)11(12)9-18-21-14(19-20-15(21)22)10-5-2-1-3-6-10/h4,7-10H,1-3,5-6H2,(H,20,22). The molecule has 22 heavy (non-hydrogen) atoms. The highest BCUT2D eigenvalue weighted by atomic mass is 35.5. The Morgan fingerprint density at radius 1 is 1.36 bits per heavy atom. The first-order valence-corrected chi connectivity index (χ1v) is 8.11. The van der Waals surface area contributed by atoms with Gasteiger partial charge in [-0.1, -0.05) is 36.9 Å². The molecule has 1 aliphatic rings. The minimum Gasteiger partial charge on any atom is -0.250 e. The molecule has 3 rings (SSSR count). The number of nitrogens with zero attached hydrogens (tertiary/aromatic N) is 3. The molecule has 1 fully saturated rings. The summed E-state index contributed by atoms with van der Waals surface area (Å²) in [6.07, 6.45) is 7.19. The fourth-order valence-electron chi connectivity index (χ4n) is 2.79. The van der Waals surface area contributed by atoms with Gasteiger partial charge in [-0.2, -0.15) is 14.9 Å². The number of hydrogen-bond donors (Lipinski definition) is 1. The van der Waals surface area contributed by atoms with Gasteiger partial charge in [0, 0.05) is 11.5 Å². The minimum atomic E-state index is -0.412. The highest BCUT2D eigenvalue weighted by Crippen LogP contribution is 2.31. The largest absolute Gasteiger partial charge is 0.250 e. The highest BCUT2D eigenvalue weighted by molar-refractivity contribution is 7.71. The third-order valence-corrected chi connectivity index (χ3v) is 4.54. The molecule has 0 radical (unpaired) electrons. The summed E-state index contributed by atoms with van der Waals surface area (Å²) < 4.78 is 15.8. The second-order valence-electron chi connectivity index (χ2n) is 5.41. The molecule has 116 valence electrons. The van der Waals surface area contributed by atoms with Gasteiger partial charge in [0.25, 0.3) is 0 Å². The highest BCUT2D eigenvalue weighted by Gasteiger charge is 2.21. The summed E-state index contributed by atoms with van der Waals surface area (Å²) >= 11 is 11.2. The monoisotopic (exact) mass is 338 g/mol. The van der Waals surface area contributed by atoms with Crippen molar-refractivity contribution in [3.05, 3.63) is 45.2 Å². The summed E-state index contributed by atoms with van der Waals surface area (Å²) in [5.74, 6) is 0.744. The van der Waals surface area contributed by atoms with Crippen molar-refractivity contribution in [2.75, 3.05) is 0 Å². The Hall–Kier alpha value is -1.53. The SMILES string of the molecule is Fc1cccc(Cl)c1C=Nn1c(C2CCCCC2)n[nH]c1=S. The van der Waals surface area contributed by atoms with Gasteiger partial charge < -0.3 is 0 Å². The molecule has 0 bridgehead atoms. The zero-order valence-corrected chi connectivity index (χ0v) is 13.5. The van der Waals surface area contributed by atoms with E-state index in [0.717, 1.165) is 18.7 Å². The van der Waals surface area contributed by atoms with Crippen molar-refractivity contribution < 1.29 is 4.39 Å². The lowest BCUT2D eigenvalue weighted by Gasteiger charge is -2.19. The molecule has 0 spiro atoms. The molecule has 2 aromatic rings. The van der Waals surface area contributed by atoms with Gasteiger partial charge in [0.15, 0.2) is 5.82 Å². The third-order valence-electron chi connectivity index (χ3n) is 3.95. The maximum atomic E-state index is 13.8. The van der Waals surface area contributed by atoms with Crippen LogP contribution < -0.4 is 0 Å². The van der Waals surface area contributed by atoms with Crippen LogP contribution in [0, 0.1) is 10.6 Å². The van der Waals surface area contributed by atoms with E-state index in [0.29, 0.717) is 15.7 Å². The maximum absolute atomic E-state index is 13.8. The van der Waals surface area contributed by atoms with Gasteiger partial charge in [-0.05, 0) is 37.2 Å². The Bertz CT molecular complexity index is 726. The molecule has 0 unspecified atom stereocenters. The van der Waals surface area contributed by atoms with Gasteiger partial charge in [-0.3, -0.25) is 5.10 Å². The van der Waals surface area contributed by atoms with E-state index in [1.807, 2.05) is 0 Å². The number of benzene rings is 1. The number of halogens is 2. The number of rotatable bonds is 3. The van der Waals surface area contributed by atoms with Crippen LogP contribution in [0.25, 0.3) is 0 Å². The van der Waals surface area contributed by atoms with E-state index in [-0.39, 0.29) is 5.56 Å². The first-order valence-electron chi connectivity index (χ1n) is 7.32. The summed E-state index contributed by atoms with van der Waals surface area (Å²) in [6.45, 7) is 0. The predicted octanol–water partition coefficient (Wildman–Crippen LogP) is 4.66. The van der Waals surface area contributed by atoms with E-state index in [4.69, 9.17) is 23.8 Å². The molecule has 0 atom stereocenters. The molecule has 1 heterocycles. The molecule has 7 heteroatoms. The van der Waals surface area contributed by atoms with E-state index >= 15 is 0 Å². The molecule has 1 N–H and O–H groups in total. The molecular weight excluding hydrogens is 323 g/mol. The number of aromatic nitrogens is 3. The zero-order chi connectivity index (χ0) is 15.5. The van der Waals surface area contributed by atoms with Crippen molar-refractivity contribution >= 4 is 30.0 Å². The van der Waals surface area contributed by atoms with Crippen LogP contribution in [0.2, 0.25) is 5.02 Å². The Balaban J connectivity index is 1.93. The Morgan fingerprint density at radius 3 is 2.86 bits per heavy atom. The summed E-state index contributed by atoms with van der Waals surface area (Å²) in [5.41, 5.74) is 0.252. The van der Waals surface area contributed by atoms with Crippen molar-refractivity contribution in [2.45, 2.75) is 38.0 Å². The Kier molecular flexibility index (Phi) is 4.69. The van der Waals surface area contributed by atoms with Crippen LogP contribution in [0.5, 0.6) is 0 Å². The number of nitrogens with one attached hydrogen (secondary N) is 1. The van der Waals surface area contributed by atoms with Crippen molar-refractivity contribution in [1.82, 2.24) is 14.9 Å². The number of aromatic amines is 1. The Labute approximate surface area is 138 Å². The van der Waals surface area contributed by atoms with Crippen LogP contribution in [0.3, 0.4) is 0 Å². The van der Waals surface area contributed by atoms with Crippen molar-refractivity contribution in [3.8, 4) is 0 Å². The number of H-pyrrole nitrogens is 1. The topological polar surface area (TPSA) is 46.0 Å². The van der Waals surface area contributed by atoms with Gasteiger partial charge in [-0.15, -0.1) is 0 Å². The van der Waals surface area contributed by atoms with Crippen LogP contribution in [0.4, 0.5) is 4.39 Å². The average Bonchev–Trinajstić information content (AvgIpc) is 2.89. The van der Waals surface area contributed by atoms with Crippen molar-refractivity contribution in [2.24, 2.45) is 5.10 Å². The maximum Gasteiger partial charge on any atom is 0.216 e. The number of hydrogen-bond acceptors (Lipinski definition) is 3. The van der Waals surface area contributed by atoms with Gasteiger partial charge in [-0.25, -0.2) is 4.39 Å². The molecule has 1 aliphatic carbocycles. The average molecular weight is 339 g/mol. The van der Waals surface area contributed by atoms with Crippen molar-refractivity contribution in [3.63, 3.8) is 0 Å². The summed E-state index contributed by atoms with van der Waals surface area (Å²) in [7, 11) is 0. The van der Waals surface area contributed by atoms with E-state index in [1.165, 1.54) is 31.5 Å². The molecule has 1 aromatic heterocycles. The van der Waals surface area contributed by atoms with Crippen LogP contribution >= 0.6 is 23.8 Å². The molecule has 0 amide bonds. The molecule has 0 saturated heterocycles. The quantitative estimate of drug-likeness (QED) is 0.653. The lowest BCUT2D eigenvalue weighted by Crippen LogP contribution is -2.10. The molecule has 4 nitrogen and oxygen atoms in total. The molecule has 0 aliphatic heterocycles. The van der Waals surface area contributed by atoms with Crippen LogP contribution in [0.15, 0.2) is 23.3 Å². The molecular formula is C15H16ClFN4S. The van der Waals surface area contributed by atoms with Crippen LogP contribution in [-0.4, -0.2) is 21.1 Å². The second kappa shape index (κ2) is 6.71. The van der Waals surface area contributed by atoms with Crippen LogP contribution in [0.1, 0.15) is 49.4 Å². The first kappa shape index (κ1) is 15.4. The predicted molar refractivity (Wildman–Crippen MR) is 87.6 cm³/mol. The lowest BCUT2D eigenvalue weighted by molar-refractivity contribution is 0.419. The fraction of sp³-hybridized carbons (Fsp3) is 0.400. The molecule has 1 aromatic carbocycles. The minimum absolute atomic E-state index is 0.252. The van der Waals surface area contributed by atoms with Gasteiger partial charge in [0.05, 0.1) is 11.2 Å². The Morgan fingerprint density at radius 2 is 2.14 bits per heavy atom.